The van der Waals surface area contributed by atoms with Crippen molar-refractivity contribution in [2.75, 3.05) is 12.1 Å². The Morgan fingerprint density at radius 1 is 1.06 bits per heavy atom. The molecule has 0 aromatic heterocycles. The second kappa shape index (κ2) is 10.0. The predicted octanol–water partition coefficient (Wildman–Crippen LogP) is 4.60. The van der Waals surface area contributed by atoms with Gasteiger partial charge in [-0.1, -0.05) is 36.4 Å². The van der Waals surface area contributed by atoms with Gasteiger partial charge in [-0.15, -0.1) is 6.58 Å². The van der Waals surface area contributed by atoms with Crippen LogP contribution in [0.5, 0.6) is 11.5 Å². The van der Waals surface area contributed by atoms with Crippen LogP contribution in [0.3, 0.4) is 0 Å². The topological polar surface area (TPSA) is 67.9 Å². The van der Waals surface area contributed by atoms with Gasteiger partial charge in [-0.2, -0.15) is 0 Å². The Labute approximate surface area is 196 Å². The standard InChI is InChI=1S/C27H23FN2O4/c1-3-7-20-14-19(15-23-26(31)29-30(27(23)32)22-8-5-4-6-9-22)16-24(33-2)25(20)34-17-18-10-12-21(28)13-11-18/h3-6,8-16H,1,7,17H2,2H3,(H,29,31). The number of para-hydroxylation sites is 1. The van der Waals surface area contributed by atoms with Gasteiger partial charge in [-0.05, 0) is 60.0 Å². The summed E-state index contributed by atoms with van der Waals surface area (Å²) in [6.07, 6.45) is 3.73. The number of anilines is 1. The highest BCUT2D eigenvalue weighted by atomic mass is 19.1. The molecule has 3 aromatic rings. The van der Waals surface area contributed by atoms with E-state index in [9.17, 15) is 14.0 Å². The van der Waals surface area contributed by atoms with Crippen LogP contribution in [0.15, 0.2) is 85.0 Å². The van der Waals surface area contributed by atoms with Crippen molar-refractivity contribution in [1.82, 2.24) is 5.43 Å². The van der Waals surface area contributed by atoms with Crippen molar-refractivity contribution >= 4 is 23.6 Å². The lowest BCUT2D eigenvalue weighted by molar-refractivity contribution is -0.117. The highest BCUT2D eigenvalue weighted by Gasteiger charge is 2.34. The third-order valence-electron chi connectivity index (χ3n) is 5.25. The lowest BCUT2D eigenvalue weighted by atomic mass is 10.0. The minimum atomic E-state index is -0.491. The molecule has 0 bridgehead atoms. The summed E-state index contributed by atoms with van der Waals surface area (Å²) < 4.78 is 24.7. The quantitative estimate of drug-likeness (QED) is 0.304. The zero-order valence-corrected chi connectivity index (χ0v) is 18.6. The molecule has 0 atom stereocenters. The normalized spacial score (nSPS) is 14.3. The Morgan fingerprint density at radius 3 is 2.47 bits per heavy atom. The van der Waals surface area contributed by atoms with Gasteiger partial charge in [0.25, 0.3) is 11.8 Å². The highest BCUT2D eigenvalue weighted by molar-refractivity contribution is 6.31. The van der Waals surface area contributed by atoms with Crippen LogP contribution in [0.25, 0.3) is 6.08 Å². The largest absolute Gasteiger partial charge is 0.493 e. The van der Waals surface area contributed by atoms with Crippen LogP contribution in [-0.2, 0) is 22.6 Å². The Kier molecular flexibility index (Phi) is 6.73. The molecule has 0 spiro atoms. The fraction of sp³-hybridized carbons (Fsp3) is 0.111. The summed E-state index contributed by atoms with van der Waals surface area (Å²) in [6.45, 7) is 4.02. The van der Waals surface area contributed by atoms with Gasteiger partial charge in [0, 0.05) is 5.56 Å². The Morgan fingerprint density at radius 2 is 1.79 bits per heavy atom. The van der Waals surface area contributed by atoms with Crippen molar-refractivity contribution in [3.05, 3.63) is 107 Å². The molecule has 0 aliphatic carbocycles. The van der Waals surface area contributed by atoms with Crippen molar-refractivity contribution in [3.63, 3.8) is 0 Å². The number of hydrazine groups is 1. The number of nitrogens with one attached hydrogen (secondary N) is 1. The summed E-state index contributed by atoms with van der Waals surface area (Å²) in [7, 11) is 1.51. The third kappa shape index (κ3) is 4.83. The van der Waals surface area contributed by atoms with Crippen LogP contribution in [-0.4, -0.2) is 18.9 Å². The molecule has 172 valence electrons. The van der Waals surface area contributed by atoms with Crippen molar-refractivity contribution in [1.29, 1.82) is 0 Å². The Balaban J connectivity index is 1.64. The molecule has 1 aliphatic heterocycles. The van der Waals surface area contributed by atoms with Crippen LogP contribution in [0.4, 0.5) is 10.1 Å². The Hall–Kier alpha value is -4.39. The molecule has 34 heavy (non-hydrogen) atoms. The second-order valence-corrected chi connectivity index (χ2v) is 7.59. The van der Waals surface area contributed by atoms with Crippen molar-refractivity contribution in [2.45, 2.75) is 13.0 Å². The molecular formula is C27H23FN2O4. The summed E-state index contributed by atoms with van der Waals surface area (Å²) in [4.78, 5) is 25.5. The molecule has 7 heteroatoms. The number of methoxy groups -OCH3 is 1. The van der Waals surface area contributed by atoms with E-state index in [0.29, 0.717) is 29.2 Å². The van der Waals surface area contributed by atoms with E-state index in [1.807, 2.05) is 12.1 Å². The maximum atomic E-state index is 13.2. The zero-order chi connectivity index (χ0) is 24.1. The first-order chi connectivity index (χ1) is 16.5. The maximum Gasteiger partial charge on any atom is 0.282 e. The highest BCUT2D eigenvalue weighted by Crippen LogP contribution is 2.35. The number of amides is 2. The van der Waals surface area contributed by atoms with E-state index >= 15 is 0 Å². The molecule has 0 saturated carbocycles. The average Bonchev–Trinajstić information content (AvgIpc) is 3.13. The lowest BCUT2D eigenvalue weighted by Crippen LogP contribution is -2.35. The average molecular weight is 458 g/mol. The number of hydrogen-bond acceptors (Lipinski definition) is 4. The van der Waals surface area contributed by atoms with Crippen LogP contribution in [0.1, 0.15) is 16.7 Å². The number of nitrogens with zero attached hydrogens (tertiary/aromatic N) is 1. The van der Waals surface area contributed by atoms with E-state index in [2.05, 4.69) is 12.0 Å². The number of carbonyl (C=O) groups excluding carboxylic acids is 2. The maximum absolute atomic E-state index is 13.2. The molecule has 1 aliphatic rings. The van der Waals surface area contributed by atoms with Gasteiger partial charge in [0.2, 0.25) is 0 Å². The SMILES string of the molecule is C=CCc1cc(C=C2C(=O)NN(c3ccccc3)C2=O)cc(OC)c1OCc1ccc(F)cc1. The predicted molar refractivity (Wildman–Crippen MR) is 128 cm³/mol. The van der Waals surface area contributed by atoms with Crippen LogP contribution < -0.4 is 19.9 Å². The minimum Gasteiger partial charge on any atom is -0.493 e. The first kappa shape index (κ1) is 22.8. The molecule has 4 rings (SSSR count). The van der Waals surface area contributed by atoms with Crippen molar-refractivity contribution < 1.29 is 23.5 Å². The van der Waals surface area contributed by atoms with Gasteiger partial charge < -0.3 is 9.47 Å². The summed E-state index contributed by atoms with van der Waals surface area (Å²) in [5.74, 6) is -0.296. The first-order valence-electron chi connectivity index (χ1n) is 10.6. The number of carbonyl (C=O) groups is 2. The summed E-state index contributed by atoms with van der Waals surface area (Å²) in [5.41, 5.74) is 5.35. The fourth-order valence-electron chi connectivity index (χ4n) is 3.61. The van der Waals surface area contributed by atoms with Gasteiger partial charge in [0.05, 0.1) is 12.8 Å². The van der Waals surface area contributed by atoms with Crippen LogP contribution >= 0.6 is 0 Å². The second-order valence-electron chi connectivity index (χ2n) is 7.59. The molecule has 1 fully saturated rings. The third-order valence-corrected chi connectivity index (χ3v) is 5.25. The van der Waals surface area contributed by atoms with Gasteiger partial charge in [0.15, 0.2) is 11.5 Å². The Bertz CT molecular complexity index is 1250. The fourth-order valence-corrected chi connectivity index (χ4v) is 3.61. The van der Waals surface area contributed by atoms with Crippen molar-refractivity contribution in [3.8, 4) is 11.5 Å². The van der Waals surface area contributed by atoms with Crippen LogP contribution in [0, 0.1) is 5.82 Å². The molecular weight excluding hydrogens is 435 g/mol. The van der Waals surface area contributed by atoms with Crippen molar-refractivity contribution in [2.24, 2.45) is 0 Å². The number of ether oxygens (including phenoxy) is 2. The van der Waals surface area contributed by atoms with Gasteiger partial charge in [-0.3, -0.25) is 15.0 Å². The van der Waals surface area contributed by atoms with Gasteiger partial charge in [-0.25, -0.2) is 9.40 Å². The molecule has 1 saturated heterocycles. The smallest absolute Gasteiger partial charge is 0.282 e. The molecule has 2 amide bonds. The monoisotopic (exact) mass is 458 g/mol. The number of benzene rings is 3. The number of halogens is 1. The molecule has 0 radical (unpaired) electrons. The number of allylic oxidation sites excluding steroid dienone is 1. The zero-order valence-electron chi connectivity index (χ0n) is 18.6. The van der Waals surface area contributed by atoms with E-state index in [-0.39, 0.29) is 18.0 Å². The van der Waals surface area contributed by atoms with Crippen LogP contribution in [0.2, 0.25) is 0 Å². The molecule has 1 N–H and O–H groups in total. The summed E-state index contributed by atoms with van der Waals surface area (Å²) in [5, 5.41) is 1.22. The number of rotatable bonds is 8. The lowest BCUT2D eigenvalue weighted by Gasteiger charge is -2.16. The van der Waals surface area contributed by atoms with Gasteiger partial charge in [0.1, 0.15) is 18.0 Å². The van der Waals surface area contributed by atoms with E-state index < -0.39 is 11.8 Å². The summed E-state index contributed by atoms with van der Waals surface area (Å²) >= 11 is 0. The summed E-state index contributed by atoms with van der Waals surface area (Å²) in [6, 6.07) is 18.4. The van der Waals surface area contributed by atoms with Gasteiger partial charge >= 0.3 is 0 Å². The van der Waals surface area contributed by atoms with E-state index in [4.69, 9.17) is 9.47 Å². The van der Waals surface area contributed by atoms with E-state index in [1.54, 1.807) is 48.5 Å². The van der Waals surface area contributed by atoms with E-state index in [0.717, 1.165) is 11.1 Å². The molecule has 3 aromatic carbocycles. The number of hydrogen-bond donors (Lipinski definition) is 1. The minimum absolute atomic E-state index is 0.00967. The first-order valence-corrected chi connectivity index (χ1v) is 10.6. The molecule has 6 nitrogen and oxygen atoms in total. The molecule has 1 heterocycles. The molecule has 0 unspecified atom stereocenters. The van der Waals surface area contributed by atoms with E-state index in [1.165, 1.54) is 30.3 Å².